The van der Waals surface area contributed by atoms with Gasteiger partial charge in [0.25, 0.3) is 0 Å². The molecule has 0 saturated carbocycles. The van der Waals surface area contributed by atoms with E-state index in [4.69, 9.17) is 9.47 Å². The largest absolute Gasteiger partial charge is 0.481 e. The second kappa shape index (κ2) is 15.9. The predicted octanol–water partition coefficient (Wildman–Crippen LogP) is 9.44. The lowest BCUT2D eigenvalue weighted by atomic mass is 9.91. The third-order valence-corrected chi connectivity index (χ3v) is 9.71. The summed E-state index contributed by atoms with van der Waals surface area (Å²) in [5, 5.41) is 9.62. The number of aryl methyl sites for hydroxylation is 5. The zero-order chi connectivity index (χ0) is 33.4. The number of H-pyrrole nitrogens is 2. The molecule has 2 aromatic carbocycles. The average molecular weight is 783 g/mol. The molecule has 0 amide bonds. The van der Waals surface area contributed by atoms with Crippen LogP contribution in [0.4, 0.5) is 11.9 Å². The van der Waals surface area contributed by atoms with Crippen molar-refractivity contribution in [3.63, 3.8) is 0 Å². The van der Waals surface area contributed by atoms with Crippen molar-refractivity contribution in [1.82, 2.24) is 29.9 Å². The van der Waals surface area contributed by atoms with Crippen LogP contribution >= 0.6 is 40.7 Å². The molecule has 6 aromatic rings. The molecule has 264 valence electrons. The fourth-order valence-electron chi connectivity index (χ4n) is 7.08. The quantitative estimate of drug-likeness (QED) is 0.132. The number of aromatic nitrogens is 6. The summed E-state index contributed by atoms with van der Waals surface area (Å²) < 4.78 is 11.6. The maximum Gasteiger partial charge on any atom is 0.229 e. The standard InChI is InChI=1S/C19H22N4O2.C18H19BrN4.2ClH/c1-11-7-8-14-13(9-11)12-5-4-6-15(18(12)20-14)21-19-22-16(24-2)10-17(23-19)25-3;1-10-8-11(2)21-18(20-10)23-16-5-3-4-13-14-9-12(19)6-7-15(14)22-17(13)16;;/h7-10,15,20H,4-6H2,1-3H3,(H,21,22,23);6-9,16,22H,3-5H2,1-2H3,(H,20,21,23);2*1H. The molecule has 4 aromatic heterocycles. The Morgan fingerprint density at radius 2 is 1.16 bits per heavy atom. The molecular formula is C37H43BrCl2N8O2. The Kier molecular flexibility index (Phi) is 11.8. The Labute approximate surface area is 313 Å². The Balaban J connectivity index is 0.000000187. The van der Waals surface area contributed by atoms with Gasteiger partial charge in [0.15, 0.2) is 0 Å². The average Bonchev–Trinajstić information content (AvgIpc) is 3.63. The number of rotatable bonds is 6. The van der Waals surface area contributed by atoms with Crippen LogP contribution in [0, 0.1) is 20.8 Å². The molecule has 2 atom stereocenters. The van der Waals surface area contributed by atoms with Crippen LogP contribution in [0.3, 0.4) is 0 Å². The third-order valence-electron chi connectivity index (χ3n) is 9.22. The molecule has 4 heterocycles. The van der Waals surface area contributed by atoms with Crippen LogP contribution in [-0.2, 0) is 12.8 Å². The van der Waals surface area contributed by atoms with Gasteiger partial charge in [-0.3, -0.25) is 0 Å². The number of halogens is 3. The van der Waals surface area contributed by atoms with Gasteiger partial charge in [0.1, 0.15) is 0 Å². The van der Waals surface area contributed by atoms with Crippen LogP contribution in [0.15, 0.2) is 53.0 Å². The van der Waals surface area contributed by atoms with Crippen LogP contribution in [-0.4, -0.2) is 44.1 Å². The van der Waals surface area contributed by atoms with E-state index in [1.807, 2.05) is 19.9 Å². The predicted molar refractivity (Wildman–Crippen MR) is 209 cm³/mol. The summed E-state index contributed by atoms with van der Waals surface area (Å²) in [6.07, 6.45) is 6.65. The van der Waals surface area contributed by atoms with Crippen LogP contribution in [0.25, 0.3) is 21.8 Å². The normalized spacial score (nSPS) is 16.2. The number of fused-ring (bicyclic) bond motifs is 6. The maximum absolute atomic E-state index is 5.24. The lowest BCUT2D eigenvalue weighted by Gasteiger charge is -2.24. The van der Waals surface area contributed by atoms with E-state index in [1.165, 1.54) is 56.3 Å². The van der Waals surface area contributed by atoms with E-state index in [0.29, 0.717) is 17.7 Å². The summed E-state index contributed by atoms with van der Waals surface area (Å²) in [6.45, 7) is 6.15. The molecule has 2 aliphatic carbocycles. The zero-order valence-corrected chi connectivity index (χ0v) is 32.0. The molecule has 0 aliphatic heterocycles. The zero-order valence-electron chi connectivity index (χ0n) is 28.8. The van der Waals surface area contributed by atoms with Gasteiger partial charge >= 0.3 is 0 Å². The number of nitrogens with zero attached hydrogens (tertiary/aromatic N) is 4. The minimum absolute atomic E-state index is 0. The van der Waals surface area contributed by atoms with Crippen molar-refractivity contribution < 1.29 is 9.47 Å². The molecule has 50 heavy (non-hydrogen) atoms. The molecule has 4 N–H and O–H groups in total. The Bertz CT molecular complexity index is 2070. The number of nitrogens with one attached hydrogen (secondary N) is 4. The Morgan fingerprint density at radius 1 is 0.660 bits per heavy atom. The van der Waals surface area contributed by atoms with Crippen molar-refractivity contribution in [3.8, 4) is 11.8 Å². The second-order valence-corrected chi connectivity index (χ2v) is 13.6. The van der Waals surface area contributed by atoms with E-state index in [0.717, 1.165) is 53.9 Å². The van der Waals surface area contributed by atoms with E-state index < -0.39 is 0 Å². The summed E-state index contributed by atoms with van der Waals surface area (Å²) >= 11 is 3.58. The summed E-state index contributed by atoms with van der Waals surface area (Å²) in [6, 6.07) is 17.1. The molecular weight excluding hydrogens is 739 g/mol. The van der Waals surface area contributed by atoms with Crippen LogP contribution < -0.4 is 20.1 Å². The van der Waals surface area contributed by atoms with Crippen molar-refractivity contribution in [2.24, 2.45) is 0 Å². The van der Waals surface area contributed by atoms with Gasteiger partial charge in [-0.2, -0.15) is 9.97 Å². The number of anilines is 2. The minimum atomic E-state index is 0. The van der Waals surface area contributed by atoms with E-state index in [2.05, 4.69) is 99.8 Å². The van der Waals surface area contributed by atoms with Gasteiger partial charge in [0, 0.05) is 49.1 Å². The number of ether oxygens (including phenoxy) is 2. The lowest BCUT2D eigenvalue weighted by Crippen LogP contribution is -2.18. The molecule has 10 nitrogen and oxygen atoms in total. The number of methoxy groups -OCH3 is 2. The highest BCUT2D eigenvalue weighted by molar-refractivity contribution is 9.10. The van der Waals surface area contributed by atoms with Crippen LogP contribution in [0.1, 0.15) is 77.2 Å². The highest BCUT2D eigenvalue weighted by Crippen LogP contribution is 2.38. The summed E-state index contributed by atoms with van der Waals surface area (Å²) in [7, 11) is 3.18. The third kappa shape index (κ3) is 7.80. The minimum Gasteiger partial charge on any atom is -0.481 e. The number of hydrogen-bond acceptors (Lipinski definition) is 8. The summed E-state index contributed by atoms with van der Waals surface area (Å²) in [4.78, 5) is 25.0. The number of hydrogen-bond donors (Lipinski definition) is 4. The molecule has 0 spiro atoms. The highest BCUT2D eigenvalue weighted by atomic mass is 79.9. The van der Waals surface area contributed by atoms with E-state index in [1.54, 1.807) is 20.3 Å². The fourth-order valence-corrected chi connectivity index (χ4v) is 7.44. The Hall–Kier alpha value is -4.06. The highest BCUT2D eigenvalue weighted by Gasteiger charge is 2.26. The Morgan fingerprint density at radius 3 is 1.70 bits per heavy atom. The molecule has 2 unspecified atom stereocenters. The molecule has 8 rings (SSSR count). The van der Waals surface area contributed by atoms with Gasteiger partial charge in [-0.25, -0.2) is 9.97 Å². The first-order valence-corrected chi connectivity index (χ1v) is 17.3. The summed E-state index contributed by atoms with van der Waals surface area (Å²) in [5.41, 5.74) is 11.0. The molecule has 0 bridgehead atoms. The SMILES string of the molecule is COc1cc(OC)nc(NC2CCCc3c2[nH]c2ccc(C)cc32)n1.Cc1cc(C)nc(NC2CCCc3c2[nH]c2ccc(Br)cc32)n1.Cl.Cl. The smallest absolute Gasteiger partial charge is 0.229 e. The molecule has 0 saturated heterocycles. The van der Waals surface area contributed by atoms with E-state index in [9.17, 15) is 0 Å². The van der Waals surface area contributed by atoms with Gasteiger partial charge in [-0.1, -0.05) is 27.6 Å². The second-order valence-electron chi connectivity index (χ2n) is 12.7. The number of aromatic amines is 2. The van der Waals surface area contributed by atoms with Crippen molar-refractivity contribution >= 4 is 74.4 Å². The van der Waals surface area contributed by atoms with Gasteiger partial charge in [0.2, 0.25) is 23.7 Å². The van der Waals surface area contributed by atoms with Crippen molar-refractivity contribution in [2.45, 2.75) is 71.4 Å². The first-order valence-electron chi connectivity index (χ1n) is 16.5. The van der Waals surface area contributed by atoms with Gasteiger partial charge in [-0.05, 0) is 107 Å². The van der Waals surface area contributed by atoms with Crippen molar-refractivity contribution in [1.29, 1.82) is 0 Å². The van der Waals surface area contributed by atoms with Gasteiger partial charge < -0.3 is 30.1 Å². The monoisotopic (exact) mass is 780 g/mol. The summed E-state index contributed by atoms with van der Waals surface area (Å²) in [5.74, 6) is 2.21. The molecule has 2 aliphatic rings. The van der Waals surface area contributed by atoms with Crippen LogP contribution in [0.2, 0.25) is 0 Å². The lowest BCUT2D eigenvalue weighted by molar-refractivity contribution is 0.372. The van der Waals surface area contributed by atoms with E-state index >= 15 is 0 Å². The topological polar surface area (TPSA) is 126 Å². The first-order chi connectivity index (χ1) is 23.3. The molecule has 0 fully saturated rings. The van der Waals surface area contributed by atoms with Crippen molar-refractivity contribution in [2.75, 3.05) is 24.9 Å². The van der Waals surface area contributed by atoms with E-state index in [-0.39, 0.29) is 36.9 Å². The molecule has 0 radical (unpaired) electrons. The van der Waals surface area contributed by atoms with Crippen LogP contribution in [0.5, 0.6) is 11.8 Å². The van der Waals surface area contributed by atoms with Gasteiger partial charge in [-0.15, -0.1) is 24.8 Å². The van der Waals surface area contributed by atoms with Gasteiger partial charge in [0.05, 0.1) is 32.4 Å². The first kappa shape index (κ1) is 37.2. The van der Waals surface area contributed by atoms with Crippen molar-refractivity contribution in [3.05, 3.63) is 92.5 Å². The maximum atomic E-state index is 5.24. The fraction of sp³-hybridized carbons (Fsp3) is 0.351. The number of benzene rings is 2. The molecule has 13 heteroatoms.